The second-order valence-electron chi connectivity index (χ2n) is 3.49. The third-order valence-electron chi connectivity index (χ3n) is 2.46. The van der Waals surface area contributed by atoms with Crippen LogP contribution < -0.4 is 0 Å². The maximum absolute atomic E-state index is 11.7. The van der Waals surface area contributed by atoms with Crippen LogP contribution in [0.15, 0.2) is 42.5 Å². The van der Waals surface area contributed by atoms with Gasteiger partial charge in [0.1, 0.15) is 0 Å². The molecular weight excluding hydrogens is 216 g/mol. The first-order valence-electron chi connectivity index (χ1n) is 4.97. The summed E-state index contributed by atoms with van der Waals surface area (Å²) >= 11 is 0. The van der Waals surface area contributed by atoms with Crippen LogP contribution in [0.25, 0.3) is 16.3 Å². The largest absolute Gasteiger partial charge is 0.401 e. The van der Waals surface area contributed by atoms with Gasteiger partial charge in [0.25, 0.3) is 5.78 Å². The van der Waals surface area contributed by atoms with E-state index in [9.17, 15) is 9.59 Å². The number of fused-ring (bicyclic) bond motifs is 1. The summed E-state index contributed by atoms with van der Waals surface area (Å²) in [5, 5.41) is 1.89. The van der Waals surface area contributed by atoms with Crippen molar-refractivity contribution in [1.29, 1.82) is 0 Å². The molecule has 2 aromatic rings. The van der Waals surface area contributed by atoms with Crippen molar-refractivity contribution in [3.8, 4) is 0 Å². The number of ketones is 1. The van der Waals surface area contributed by atoms with Crippen LogP contribution in [0.1, 0.15) is 10.4 Å². The second-order valence-corrected chi connectivity index (χ2v) is 3.49. The zero-order valence-electron chi connectivity index (χ0n) is 8.83. The van der Waals surface area contributed by atoms with Crippen molar-refractivity contribution in [2.75, 3.05) is 0 Å². The van der Waals surface area contributed by atoms with E-state index in [-0.39, 0.29) is 6.29 Å². The zero-order valence-corrected chi connectivity index (χ0v) is 8.83. The molecule has 0 amide bonds. The fraction of sp³-hybridized carbons (Fsp3) is 0. The van der Waals surface area contributed by atoms with Gasteiger partial charge in [-0.2, -0.15) is 4.79 Å². The molecule has 0 aliphatic rings. The highest BCUT2D eigenvalue weighted by molar-refractivity contribution is 6.61. The average molecular weight is 224 g/mol. The van der Waals surface area contributed by atoms with Crippen LogP contribution in [0, 0.1) is 0 Å². The number of carbonyl (C=O) groups is 2. The van der Waals surface area contributed by atoms with E-state index in [4.69, 9.17) is 5.53 Å². The lowest BCUT2D eigenvalue weighted by molar-refractivity contribution is -0.106. The molecule has 2 aromatic carbocycles. The van der Waals surface area contributed by atoms with E-state index < -0.39 is 11.5 Å². The highest BCUT2D eigenvalue weighted by Crippen LogP contribution is 2.15. The van der Waals surface area contributed by atoms with Crippen LogP contribution in [-0.4, -0.2) is 22.6 Å². The van der Waals surface area contributed by atoms with Gasteiger partial charge in [0.15, 0.2) is 0 Å². The minimum atomic E-state index is -0.590. The SMILES string of the molecule is [N-]=[N+]=C(C=O)C(=O)c1ccc2ccccc2c1. The van der Waals surface area contributed by atoms with E-state index in [1.54, 1.807) is 18.2 Å². The van der Waals surface area contributed by atoms with Crippen molar-refractivity contribution in [1.82, 2.24) is 0 Å². The molecular formula is C13H8N2O2. The van der Waals surface area contributed by atoms with E-state index >= 15 is 0 Å². The van der Waals surface area contributed by atoms with Crippen molar-refractivity contribution in [3.05, 3.63) is 53.6 Å². The summed E-state index contributed by atoms with van der Waals surface area (Å²) in [6.07, 6.45) is 0.234. The predicted octanol–water partition coefficient (Wildman–Crippen LogP) is 1.89. The maximum Gasteiger partial charge on any atom is 0.401 e. The third kappa shape index (κ3) is 2.02. The molecule has 0 unspecified atom stereocenters. The lowest BCUT2D eigenvalue weighted by Crippen LogP contribution is -2.16. The molecule has 0 saturated heterocycles. The monoisotopic (exact) mass is 224 g/mol. The lowest BCUT2D eigenvalue weighted by atomic mass is 10.0. The standard InChI is InChI=1S/C13H8N2O2/c14-15-12(8-16)13(17)11-6-5-9-3-1-2-4-10(9)7-11/h1-8H. The van der Waals surface area contributed by atoms with Gasteiger partial charge >= 0.3 is 5.71 Å². The molecule has 82 valence electrons. The van der Waals surface area contributed by atoms with Gasteiger partial charge in [0.05, 0.1) is 0 Å². The Morgan fingerprint density at radius 1 is 1.12 bits per heavy atom. The summed E-state index contributed by atoms with van der Waals surface area (Å²) in [7, 11) is 0. The molecule has 0 atom stereocenters. The number of nitrogens with zero attached hydrogens (tertiary/aromatic N) is 2. The van der Waals surface area contributed by atoms with Crippen LogP contribution >= 0.6 is 0 Å². The molecule has 0 heterocycles. The summed E-state index contributed by atoms with van der Waals surface area (Å²) < 4.78 is 0. The Labute approximate surface area is 97.1 Å². The van der Waals surface area contributed by atoms with Gasteiger partial charge < -0.3 is 5.53 Å². The first-order chi connectivity index (χ1) is 8.26. The molecule has 0 saturated carbocycles. The van der Waals surface area contributed by atoms with E-state index in [0.717, 1.165) is 10.8 Å². The lowest BCUT2D eigenvalue weighted by Gasteiger charge is -1.99. The minimum absolute atomic E-state index is 0.234. The van der Waals surface area contributed by atoms with Gasteiger partial charge in [-0.25, -0.2) is 0 Å². The summed E-state index contributed by atoms with van der Waals surface area (Å²) in [6.45, 7) is 0. The fourth-order valence-corrected chi connectivity index (χ4v) is 1.60. The fourth-order valence-electron chi connectivity index (χ4n) is 1.60. The summed E-state index contributed by atoms with van der Waals surface area (Å²) in [6, 6.07) is 12.6. The van der Waals surface area contributed by atoms with Crippen LogP contribution in [0.2, 0.25) is 0 Å². The van der Waals surface area contributed by atoms with Crippen LogP contribution in [-0.2, 0) is 4.79 Å². The molecule has 0 aliphatic heterocycles. The first kappa shape index (κ1) is 10.9. The smallest absolute Gasteiger partial charge is 0.360 e. The maximum atomic E-state index is 11.7. The molecule has 2 rings (SSSR count). The van der Waals surface area contributed by atoms with E-state index in [1.807, 2.05) is 24.3 Å². The molecule has 0 aromatic heterocycles. The Morgan fingerprint density at radius 3 is 2.47 bits per heavy atom. The Balaban J connectivity index is 2.53. The number of benzene rings is 2. The van der Waals surface area contributed by atoms with Crippen LogP contribution in [0.3, 0.4) is 0 Å². The van der Waals surface area contributed by atoms with Crippen LogP contribution in [0.5, 0.6) is 0 Å². The highest BCUT2D eigenvalue weighted by atomic mass is 16.1. The van der Waals surface area contributed by atoms with Gasteiger partial charge in [-0.15, -0.1) is 0 Å². The number of carbonyl (C=O) groups excluding carboxylic acids is 2. The Kier molecular flexibility index (Phi) is 2.90. The molecule has 4 heteroatoms. The molecule has 0 spiro atoms. The Morgan fingerprint density at radius 2 is 1.82 bits per heavy atom. The first-order valence-corrected chi connectivity index (χ1v) is 4.97. The predicted molar refractivity (Wildman–Crippen MR) is 63.0 cm³/mol. The molecule has 0 radical (unpaired) electrons. The zero-order chi connectivity index (χ0) is 12.3. The van der Waals surface area contributed by atoms with Crippen molar-refractivity contribution < 1.29 is 14.4 Å². The molecule has 0 fully saturated rings. The second kappa shape index (κ2) is 4.51. The van der Waals surface area contributed by atoms with Gasteiger partial charge in [-0.3, -0.25) is 9.59 Å². The highest BCUT2D eigenvalue weighted by Gasteiger charge is 2.20. The van der Waals surface area contributed by atoms with Crippen molar-refractivity contribution in [2.45, 2.75) is 0 Å². The van der Waals surface area contributed by atoms with E-state index in [1.165, 1.54) is 0 Å². The van der Waals surface area contributed by atoms with Gasteiger partial charge in [-0.05, 0) is 16.8 Å². The number of aldehydes is 1. The number of rotatable bonds is 3. The Bertz CT molecular complexity index is 655. The number of hydrogen-bond acceptors (Lipinski definition) is 2. The van der Waals surface area contributed by atoms with Gasteiger partial charge in [0.2, 0.25) is 6.29 Å². The Hall–Kier alpha value is -2.58. The van der Waals surface area contributed by atoms with E-state index in [2.05, 4.69) is 4.79 Å². The minimum Gasteiger partial charge on any atom is -0.360 e. The van der Waals surface area contributed by atoms with Crippen molar-refractivity contribution >= 4 is 28.6 Å². The summed E-state index contributed by atoms with van der Waals surface area (Å²) in [5.41, 5.74) is 8.33. The molecule has 17 heavy (non-hydrogen) atoms. The summed E-state index contributed by atoms with van der Waals surface area (Å²) in [5.74, 6) is -0.590. The topological polar surface area (TPSA) is 70.5 Å². The van der Waals surface area contributed by atoms with Gasteiger partial charge in [-0.1, -0.05) is 36.4 Å². The third-order valence-corrected chi connectivity index (χ3v) is 2.46. The van der Waals surface area contributed by atoms with Crippen molar-refractivity contribution in [3.63, 3.8) is 0 Å². The molecule has 0 N–H and O–H groups in total. The molecule has 4 nitrogen and oxygen atoms in total. The number of hydrogen-bond donors (Lipinski definition) is 0. The van der Waals surface area contributed by atoms with Gasteiger partial charge in [0, 0.05) is 5.56 Å². The average Bonchev–Trinajstić information content (AvgIpc) is 2.39. The normalized spacial score (nSPS) is 9.65. The van der Waals surface area contributed by atoms with Crippen LogP contribution in [0.4, 0.5) is 0 Å². The van der Waals surface area contributed by atoms with E-state index in [0.29, 0.717) is 5.56 Å². The quantitative estimate of drug-likeness (QED) is 0.199. The number of Topliss-reactive ketones (excluding diaryl/α,β-unsaturated/α-hetero) is 1. The molecule has 0 aliphatic carbocycles. The summed E-state index contributed by atoms with van der Waals surface area (Å²) in [4.78, 5) is 24.9. The molecule has 0 bridgehead atoms. The van der Waals surface area contributed by atoms with Crippen molar-refractivity contribution in [2.24, 2.45) is 0 Å².